The lowest BCUT2D eigenvalue weighted by Crippen LogP contribution is -2.53. The number of aromatic hydroxyl groups is 1. The molecule has 0 aromatic heterocycles. The number of phenolic OH excluding ortho intramolecular Hbond substituents is 1. The Labute approximate surface area is 325 Å². The van der Waals surface area contributed by atoms with E-state index in [0.717, 1.165) is 28.1 Å². The Bertz CT molecular complexity index is 2410. The van der Waals surface area contributed by atoms with Crippen LogP contribution in [0, 0.1) is 44.4 Å². The molecular formula is C47H42N4O5. The number of para-hydroxylation sites is 1. The number of fused-ring (bicyclic) bond motifs is 4. The first-order chi connectivity index (χ1) is 27.1. The maximum Gasteiger partial charge on any atom is 0.260 e. The third-order valence-electron chi connectivity index (χ3n) is 12.4. The maximum absolute atomic E-state index is 15.4. The number of anilines is 4. The number of amides is 4. The van der Waals surface area contributed by atoms with E-state index in [9.17, 15) is 19.5 Å². The zero-order chi connectivity index (χ0) is 38.9. The van der Waals surface area contributed by atoms with Gasteiger partial charge in [-0.15, -0.1) is 0 Å². The lowest BCUT2D eigenvalue weighted by atomic mass is 9.49. The number of benzene rings is 5. The summed E-state index contributed by atoms with van der Waals surface area (Å²) in [5.41, 5.74) is 9.28. The average Bonchev–Trinajstić information content (AvgIpc) is 3.59. The highest BCUT2D eigenvalue weighted by Crippen LogP contribution is 2.64. The van der Waals surface area contributed by atoms with Crippen molar-refractivity contribution in [1.29, 1.82) is 0 Å². The van der Waals surface area contributed by atoms with Crippen molar-refractivity contribution in [2.45, 2.75) is 44.9 Å². The number of allylic oxidation sites excluding steroid dienone is 2. The molecule has 9 nitrogen and oxygen atoms in total. The summed E-state index contributed by atoms with van der Waals surface area (Å²) in [5.74, 6) is -4.52. The summed E-state index contributed by atoms with van der Waals surface area (Å²) in [7, 11) is 0. The van der Waals surface area contributed by atoms with Crippen LogP contribution < -0.4 is 15.6 Å². The summed E-state index contributed by atoms with van der Waals surface area (Å²) < 4.78 is 0. The molecule has 4 aliphatic rings. The lowest BCUT2D eigenvalue weighted by molar-refractivity contribution is -0.138. The molecule has 5 aromatic carbocycles. The molecule has 56 heavy (non-hydrogen) atoms. The van der Waals surface area contributed by atoms with Crippen LogP contribution in [0.25, 0.3) is 0 Å². The molecule has 4 amide bonds. The van der Waals surface area contributed by atoms with Gasteiger partial charge in [0.15, 0.2) is 0 Å². The first-order valence-electron chi connectivity index (χ1n) is 19.1. The third-order valence-corrected chi connectivity index (χ3v) is 12.4. The van der Waals surface area contributed by atoms with Crippen molar-refractivity contribution in [1.82, 2.24) is 5.01 Å². The van der Waals surface area contributed by atoms with Crippen LogP contribution >= 0.6 is 0 Å². The SMILES string of the molecule is Cc1ccc(NN2C(=O)C3CC4C(=CCC5C(=O)N(c6ccc(Nc7ccccc7)cc6)C(=O)C54)C(c4cc(C)c(O)c(C)c4)C3(c3ccccc3)C2=O)cc1. The van der Waals surface area contributed by atoms with Crippen LogP contribution in [0.3, 0.4) is 0 Å². The van der Waals surface area contributed by atoms with Gasteiger partial charge in [-0.05, 0) is 110 Å². The minimum absolute atomic E-state index is 0.165. The van der Waals surface area contributed by atoms with E-state index >= 15 is 4.79 Å². The second kappa shape index (κ2) is 13.4. The van der Waals surface area contributed by atoms with Gasteiger partial charge in [0.05, 0.1) is 34.5 Å². The van der Waals surface area contributed by atoms with Crippen LogP contribution in [-0.2, 0) is 24.6 Å². The van der Waals surface area contributed by atoms with E-state index in [1.165, 1.54) is 9.91 Å². The fourth-order valence-corrected chi connectivity index (χ4v) is 9.91. The number of carbonyl (C=O) groups excluding carboxylic acids is 4. The molecule has 2 aliphatic heterocycles. The Morgan fingerprint density at radius 3 is 1.95 bits per heavy atom. The van der Waals surface area contributed by atoms with E-state index in [-0.39, 0.29) is 35.8 Å². The van der Waals surface area contributed by atoms with Crippen molar-refractivity contribution in [3.8, 4) is 5.75 Å². The molecule has 3 N–H and O–H groups in total. The first kappa shape index (κ1) is 35.2. The molecule has 2 heterocycles. The van der Waals surface area contributed by atoms with E-state index in [1.54, 1.807) is 12.1 Å². The second-order valence-corrected chi connectivity index (χ2v) is 15.6. The molecule has 0 spiro atoms. The van der Waals surface area contributed by atoms with Crippen molar-refractivity contribution in [3.05, 3.63) is 161 Å². The van der Waals surface area contributed by atoms with Crippen molar-refractivity contribution in [3.63, 3.8) is 0 Å². The Morgan fingerprint density at radius 1 is 0.679 bits per heavy atom. The number of hydrazine groups is 1. The molecule has 0 radical (unpaired) electrons. The zero-order valence-corrected chi connectivity index (χ0v) is 31.4. The van der Waals surface area contributed by atoms with Gasteiger partial charge in [0, 0.05) is 17.3 Å². The molecule has 280 valence electrons. The van der Waals surface area contributed by atoms with Gasteiger partial charge in [-0.1, -0.05) is 90.0 Å². The normalized spacial score (nSPS) is 25.4. The number of hydrogen-bond acceptors (Lipinski definition) is 7. The lowest BCUT2D eigenvalue weighted by Gasteiger charge is -2.50. The molecular weight excluding hydrogens is 701 g/mol. The standard InChI is InChI=1S/C47H42N4O5/c1-27-14-16-34(17-15-27)49-51-44(54)39-26-38-36(41(30-24-28(2)42(52)29(3)25-30)47(39,46(51)56)31-10-6-4-7-11-31)22-23-37-40(38)45(55)50(43(37)53)35-20-18-33(19-21-35)48-32-12-8-5-9-13-32/h4-22,24-25,37-41,48-49,52H,23,26H2,1-3H3. The number of imide groups is 2. The van der Waals surface area contributed by atoms with Gasteiger partial charge in [-0.25, -0.2) is 0 Å². The van der Waals surface area contributed by atoms with Gasteiger partial charge < -0.3 is 10.4 Å². The average molecular weight is 743 g/mol. The van der Waals surface area contributed by atoms with Crippen LogP contribution in [0.1, 0.15) is 46.6 Å². The van der Waals surface area contributed by atoms with Gasteiger partial charge in [-0.2, -0.15) is 5.01 Å². The van der Waals surface area contributed by atoms with Crippen molar-refractivity contribution >= 4 is 46.4 Å². The van der Waals surface area contributed by atoms with E-state index in [1.807, 2.05) is 130 Å². The third kappa shape index (κ3) is 5.36. The Hall–Kier alpha value is -6.48. The summed E-state index contributed by atoms with van der Waals surface area (Å²) in [6, 6.07) is 37.8. The first-order valence-corrected chi connectivity index (χ1v) is 19.1. The Balaban J connectivity index is 1.16. The van der Waals surface area contributed by atoms with Crippen LogP contribution in [0.15, 0.2) is 133 Å². The summed E-state index contributed by atoms with van der Waals surface area (Å²) in [5, 5.41) is 15.4. The van der Waals surface area contributed by atoms with Crippen molar-refractivity contribution in [2.24, 2.45) is 23.7 Å². The molecule has 1 saturated carbocycles. The van der Waals surface area contributed by atoms with Crippen molar-refractivity contribution in [2.75, 3.05) is 15.6 Å². The fraction of sp³-hybridized carbons (Fsp3) is 0.234. The number of phenols is 1. The van der Waals surface area contributed by atoms with E-state index in [0.29, 0.717) is 34.5 Å². The molecule has 9 heteroatoms. The van der Waals surface area contributed by atoms with Gasteiger partial charge in [-0.3, -0.25) is 29.5 Å². The number of rotatable bonds is 7. The number of aryl methyl sites for hydroxylation is 3. The highest BCUT2D eigenvalue weighted by molar-refractivity contribution is 6.22. The minimum atomic E-state index is -1.38. The number of nitrogens with one attached hydrogen (secondary N) is 2. The monoisotopic (exact) mass is 742 g/mol. The molecule has 2 saturated heterocycles. The molecule has 6 unspecified atom stereocenters. The Kier molecular flexibility index (Phi) is 8.41. The number of carbonyl (C=O) groups is 4. The van der Waals surface area contributed by atoms with Crippen LogP contribution in [0.4, 0.5) is 22.7 Å². The van der Waals surface area contributed by atoms with Crippen LogP contribution in [-0.4, -0.2) is 33.7 Å². The van der Waals surface area contributed by atoms with Gasteiger partial charge in [0.1, 0.15) is 5.75 Å². The van der Waals surface area contributed by atoms with Gasteiger partial charge in [0.2, 0.25) is 11.8 Å². The minimum Gasteiger partial charge on any atom is -0.507 e. The maximum atomic E-state index is 15.4. The molecule has 6 atom stereocenters. The predicted octanol–water partition coefficient (Wildman–Crippen LogP) is 8.25. The molecule has 0 bridgehead atoms. The molecule has 3 fully saturated rings. The van der Waals surface area contributed by atoms with Crippen LogP contribution in [0.2, 0.25) is 0 Å². The largest absolute Gasteiger partial charge is 0.507 e. The molecule has 5 aromatic rings. The summed E-state index contributed by atoms with van der Waals surface area (Å²) in [6.07, 6.45) is 2.59. The Morgan fingerprint density at radius 2 is 1.29 bits per heavy atom. The van der Waals surface area contributed by atoms with Crippen LogP contribution in [0.5, 0.6) is 5.75 Å². The van der Waals surface area contributed by atoms with Gasteiger partial charge in [0.25, 0.3) is 11.8 Å². The molecule has 9 rings (SSSR count). The van der Waals surface area contributed by atoms with E-state index < -0.39 is 35.0 Å². The fourth-order valence-electron chi connectivity index (χ4n) is 9.91. The summed E-state index contributed by atoms with van der Waals surface area (Å²) in [4.78, 5) is 60.7. The van der Waals surface area contributed by atoms with Crippen molar-refractivity contribution < 1.29 is 24.3 Å². The van der Waals surface area contributed by atoms with Gasteiger partial charge >= 0.3 is 0 Å². The van der Waals surface area contributed by atoms with E-state index in [2.05, 4.69) is 16.8 Å². The smallest absolute Gasteiger partial charge is 0.260 e. The second-order valence-electron chi connectivity index (χ2n) is 15.6. The number of hydrogen-bond donors (Lipinski definition) is 3. The topological polar surface area (TPSA) is 119 Å². The zero-order valence-electron chi connectivity index (χ0n) is 31.4. The number of nitrogens with zero attached hydrogens (tertiary/aromatic N) is 2. The summed E-state index contributed by atoms with van der Waals surface area (Å²) in [6.45, 7) is 5.63. The molecule has 2 aliphatic carbocycles. The quantitative estimate of drug-likeness (QED) is 0.114. The van der Waals surface area contributed by atoms with E-state index in [4.69, 9.17) is 0 Å². The highest BCUT2D eigenvalue weighted by atomic mass is 16.3. The predicted molar refractivity (Wildman–Crippen MR) is 215 cm³/mol. The summed E-state index contributed by atoms with van der Waals surface area (Å²) >= 11 is 0. The highest BCUT2D eigenvalue weighted by Gasteiger charge is 2.70.